The summed E-state index contributed by atoms with van der Waals surface area (Å²) in [5.41, 5.74) is 1.60. The Kier molecular flexibility index (Phi) is 3.80. The minimum Gasteiger partial charge on any atom is -0.382 e. The number of rotatable bonds is 2. The quantitative estimate of drug-likeness (QED) is 0.809. The molecular formula is C15H22N4O2. The van der Waals surface area contributed by atoms with Gasteiger partial charge in [0.2, 0.25) is 5.91 Å². The second-order valence-corrected chi connectivity index (χ2v) is 6.15. The van der Waals surface area contributed by atoms with Crippen LogP contribution in [0.4, 0.5) is 0 Å². The average Bonchev–Trinajstić information content (AvgIpc) is 3.18. The van der Waals surface area contributed by atoms with Crippen molar-refractivity contribution < 1.29 is 9.90 Å². The van der Waals surface area contributed by atoms with Gasteiger partial charge in [-0.25, -0.2) is 0 Å². The Hall–Kier alpha value is -1.69. The number of nitrogens with zero attached hydrogens (tertiary/aromatic N) is 3. The van der Waals surface area contributed by atoms with E-state index in [2.05, 4.69) is 15.4 Å². The number of β-amino-alcohol motifs (C(OH)–C–C–N with tert-alkyl or cyclic N) is 1. The monoisotopic (exact) mass is 290 g/mol. The molecule has 1 saturated carbocycles. The van der Waals surface area contributed by atoms with E-state index in [1.807, 2.05) is 6.92 Å². The van der Waals surface area contributed by atoms with E-state index in [4.69, 9.17) is 0 Å². The molecule has 1 aromatic heterocycles. The van der Waals surface area contributed by atoms with E-state index < -0.39 is 5.60 Å². The van der Waals surface area contributed by atoms with Crippen molar-refractivity contribution in [1.82, 2.24) is 20.3 Å². The molecule has 114 valence electrons. The first-order valence-corrected chi connectivity index (χ1v) is 7.67. The van der Waals surface area contributed by atoms with Gasteiger partial charge in [-0.2, -0.15) is 15.4 Å². The zero-order valence-electron chi connectivity index (χ0n) is 12.4. The topological polar surface area (TPSA) is 82.1 Å². The molecular weight excluding hydrogens is 268 g/mol. The molecule has 2 N–H and O–H groups in total. The largest absolute Gasteiger partial charge is 0.382 e. The normalized spacial score (nSPS) is 26.2. The van der Waals surface area contributed by atoms with Crippen LogP contribution in [0.15, 0.2) is 17.3 Å². The van der Waals surface area contributed by atoms with E-state index in [-0.39, 0.29) is 5.91 Å². The number of hydrogen-bond donors (Lipinski definition) is 2. The SMILES string of the molecule is CC(C(=O)N1CCCC(O)(c2cn[nH]n2)C1)=C1CCCC1. The number of hydrogen-bond acceptors (Lipinski definition) is 4. The van der Waals surface area contributed by atoms with Gasteiger partial charge in [0.15, 0.2) is 0 Å². The van der Waals surface area contributed by atoms with Crippen molar-refractivity contribution in [2.45, 2.75) is 51.0 Å². The Bertz CT molecular complexity index is 544. The van der Waals surface area contributed by atoms with Gasteiger partial charge in [0.1, 0.15) is 11.3 Å². The van der Waals surface area contributed by atoms with Crippen molar-refractivity contribution in [2.75, 3.05) is 13.1 Å². The lowest BCUT2D eigenvalue weighted by molar-refractivity contribution is -0.135. The molecule has 1 unspecified atom stereocenters. The molecule has 0 radical (unpaired) electrons. The van der Waals surface area contributed by atoms with Crippen molar-refractivity contribution >= 4 is 5.91 Å². The number of H-pyrrole nitrogens is 1. The number of carbonyl (C=O) groups excluding carboxylic acids is 1. The van der Waals surface area contributed by atoms with E-state index in [0.29, 0.717) is 25.2 Å². The zero-order valence-corrected chi connectivity index (χ0v) is 12.4. The highest BCUT2D eigenvalue weighted by molar-refractivity contribution is 5.93. The van der Waals surface area contributed by atoms with Gasteiger partial charge in [0.05, 0.1) is 12.7 Å². The standard InChI is InChI=1S/C15H22N4O2/c1-11(12-5-2-3-6-12)14(20)19-8-4-7-15(21,10-19)13-9-16-18-17-13/h9,21H,2-8,10H2,1H3,(H,16,17,18). The van der Waals surface area contributed by atoms with Crippen LogP contribution in [-0.4, -0.2) is 44.4 Å². The summed E-state index contributed by atoms with van der Waals surface area (Å²) in [6.45, 7) is 2.92. The minimum absolute atomic E-state index is 0.0634. The summed E-state index contributed by atoms with van der Waals surface area (Å²) < 4.78 is 0. The zero-order chi connectivity index (χ0) is 14.9. The molecule has 0 bridgehead atoms. The maximum Gasteiger partial charge on any atom is 0.249 e. The lowest BCUT2D eigenvalue weighted by Gasteiger charge is -2.38. The van der Waals surface area contributed by atoms with Gasteiger partial charge in [0.25, 0.3) is 0 Å². The first-order chi connectivity index (χ1) is 10.1. The molecule has 2 fully saturated rings. The second-order valence-electron chi connectivity index (χ2n) is 6.15. The van der Waals surface area contributed by atoms with Crippen molar-refractivity contribution in [3.63, 3.8) is 0 Å². The number of allylic oxidation sites excluding steroid dienone is 1. The molecule has 6 heteroatoms. The Morgan fingerprint density at radius 2 is 2.14 bits per heavy atom. The highest BCUT2D eigenvalue weighted by Crippen LogP contribution is 2.32. The van der Waals surface area contributed by atoms with Crippen LogP contribution < -0.4 is 0 Å². The molecule has 21 heavy (non-hydrogen) atoms. The van der Waals surface area contributed by atoms with E-state index in [0.717, 1.165) is 24.8 Å². The van der Waals surface area contributed by atoms with Gasteiger partial charge in [0, 0.05) is 12.1 Å². The van der Waals surface area contributed by atoms with Gasteiger partial charge in [-0.1, -0.05) is 5.57 Å². The maximum atomic E-state index is 12.7. The second kappa shape index (κ2) is 5.60. The van der Waals surface area contributed by atoms with Crippen molar-refractivity contribution in [3.05, 3.63) is 23.0 Å². The first-order valence-electron chi connectivity index (χ1n) is 7.67. The Labute approximate surface area is 124 Å². The molecule has 2 aliphatic rings. The van der Waals surface area contributed by atoms with Crippen LogP contribution >= 0.6 is 0 Å². The van der Waals surface area contributed by atoms with Crippen LogP contribution in [0, 0.1) is 0 Å². The number of aliphatic hydroxyl groups is 1. The lowest BCUT2D eigenvalue weighted by Crippen LogP contribution is -2.49. The van der Waals surface area contributed by atoms with E-state index >= 15 is 0 Å². The first kappa shape index (κ1) is 14.3. The number of aromatic amines is 1. The predicted octanol–water partition coefficient (Wildman–Crippen LogP) is 1.51. The smallest absolute Gasteiger partial charge is 0.249 e. The summed E-state index contributed by atoms with van der Waals surface area (Å²) in [6, 6.07) is 0. The van der Waals surface area contributed by atoms with Gasteiger partial charge in [-0.15, -0.1) is 0 Å². The summed E-state index contributed by atoms with van der Waals surface area (Å²) in [6.07, 6.45) is 7.37. The van der Waals surface area contributed by atoms with Crippen LogP contribution in [0.2, 0.25) is 0 Å². The molecule has 1 saturated heterocycles. The summed E-state index contributed by atoms with van der Waals surface area (Å²) >= 11 is 0. The van der Waals surface area contributed by atoms with Gasteiger partial charge < -0.3 is 10.0 Å². The molecule has 0 spiro atoms. The minimum atomic E-state index is -1.08. The number of amides is 1. The highest BCUT2D eigenvalue weighted by atomic mass is 16.3. The third-order valence-corrected chi connectivity index (χ3v) is 4.71. The molecule has 6 nitrogen and oxygen atoms in total. The summed E-state index contributed by atoms with van der Waals surface area (Å²) in [5.74, 6) is 0.0634. The molecule has 1 aliphatic heterocycles. The number of piperidine rings is 1. The third kappa shape index (κ3) is 2.72. The van der Waals surface area contributed by atoms with Gasteiger partial charge in [-0.05, 0) is 45.4 Å². The fourth-order valence-electron chi connectivity index (χ4n) is 3.41. The fourth-order valence-corrected chi connectivity index (χ4v) is 3.41. The highest BCUT2D eigenvalue weighted by Gasteiger charge is 2.39. The van der Waals surface area contributed by atoms with E-state index in [1.54, 1.807) is 4.90 Å². The number of carbonyl (C=O) groups is 1. The Morgan fingerprint density at radius 1 is 1.38 bits per heavy atom. The molecule has 1 aromatic rings. The summed E-state index contributed by atoms with van der Waals surface area (Å²) in [7, 11) is 0. The van der Waals surface area contributed by atoms with Gasteiger partial charge >= 0.3 is 0 Å². The molecule has 1 aliphatic carbocycles. The third-order valence-electron chi connectivity index (χ3n) is 4.71. The summed E-state index contributed by atoms with van der Waals surface area (Å²) in [5, 5.41) is 21.0. The fraction of sp³-hybridized carbons (Fsp3) is 0.667. The van der Waals surface area contributed by atoms with Crippen LogP contribution in [0.5, 0.6) is 0 Å². The van der Waals surface area contributed by atoms with Crippen LogP contribution in [0.1, 0.15) is 51.1 Å². The van der Waals surface area contributed by atoms with E-state index in [9.17, 15) is 9.90 Å². The lowest BCUT2D eigenvalue weighted by atomic mass is 9.89. The Morgan fingerprint density at radius 3 is 2.81 bits per heavy atom. The van der Waals surface area contributed by atoms with Crippen LogP contribution in [0.3, 0.4) is 0 Å². The molecule has 1 amide bonds. The number of aromatic nitrogens is 3. The van der Waals surface area contributed by atoms with Crippen molar-refractivity contribution in [3.8, 4) is 0 Å². The average molecular weight is 290 g/mol. The van der Waals surface area contributed by atoms with Crippen molar-refractivity contribution in [2.24, 2.45) is 0 Å². The molecule has 0 aromatic carbocycles. The molecule has 3 rings (SSSR count). The van der Waals surface area contributed by atoms with Crippen LogP contribution in [0.25, 0.3) is 0 Å². The van der Waals surface area contributed by atoms with Crippen LogP contribution in [-0.2, 0) is 10.4 Å². The number of nitrogens with one attached hydrogen (secondary N) is 1. The van der Waals surface area contributed by atoms with E-state index in [1.165, 1.54) is 24.6 Å². The molecule has 1 atom stereocenters. The maximum absolute atomic E-state index is 12.7. The van der Waals surface area contributed by atoms with Crippen molar-refractivity contribution in [1.29, 1.82) is 0 Å². The number of likely N-dealkylation sites (tertiary alicyclic amines) is 1. The van der Waals surface area contributed by atoms with Gasteiger partial charge in [-0.3, -0.25) is 4.79 Å². The Balaban J connectivity index is 1.77. The predicted molar refractivity (Wildman–Crippen MR) is 77.3 cm³/mol. The molecule has 2 heterocycles. The summed E-state index contributed by atoms with van der Waals surface area (Å²) in [4.78, 5) is 14.4.